The maximum atomic E-state index is 10.9. The van der Waals surface area contributed by atoms with Gasteiger partial charge in [0, 0.05) is 22.5 Å². The maximum Gasteiger partial charge on any atom is 0.363 e. The van der Waals surface area contributed by atoms with Crippen molar-refractivity contribution in [3.05, 3.63) is 34.0 Å². The lowest BCUT2D eigenvalue weighted by atomic mass is 10.1. The second-order valence-electron chi connectivity index (χ2n) is 6.75. The van der Waals surface area contributed by atoms with Crippen molar-refractivity contribution in [1.82, 2.24) is 4.98 Å². The summed E-state index contributed by atoms with van der Waals surface area (Å²) < 4.78 is 11.0. The molecule has 0 bridgehead atoms. The SMILES string of the molecule is O=[N+]([O-])c1cc(C2OC[C@@H](O)[C@@H]([C@H](O)C[S+]3C[C@@H](O)[C@H](O)[C@H]3CO)O2)ccn1. The number of nitrogens with zero attached hydrogens (tertiary/aromatic N) is 2. The van der Waals surface area contributed by atoms with Gasteiger partial charge in [0.2, 0.25) is 0 Å². The van der Waals surface area contributed by atoms with Crippen LogP contribution in [0.1, 0.15) is 11.9 Å². The van der Waals surface area contributed by atoms with Crippen molar-refractivity contribution < 1.29 is 39.9 Å². The van der Waals surface area contributed by atoms with Gasteiger partial charge in [-0.05, 0) is 16.0 Å². The Bertz CT molecular complexity index is 696. The number of aromatic nitrogens is 1. The summed E-state index contributed by atoms with van der Waals surface area (Å²) in [6.07, 6.45) is -5.13. The van der Waals surface area contributed by atoms with E-state index >= 15 is 0 Å². The molecule has 0 aromatic carbocycles. The first-order chi connectivity index (χ1) is 13.3. The Morgan fingerprint density at radius 2 is 2.11 bits per heavy atom. The standard InChI is InChI=1S/C16H23N2O9S/c19-4-12-14(23)10(21)6-28(12)7-11(22)15-9(20)5-26-16(27-15)8-1-2-17-13(3-8)18(24)25/h1-3,9-12,14-16,19-23H,4-7H2/q+1/t9-,10-,11-,12-,14+,15+,16?,28?/m1/s1. The number of pyridine rings is 1. The van der Waals surface area contributed by atoms with Crippen LogP contribution < -0.4 is 0 Å². The van der Waals surface area contributed by atoms with Gasteiger partial charge in [-0.2, -0.15) is 0 Å². The van der Waals surface area contributed by atoms with Crippen molar-refractivity contribution in [1.29, 1.82) is 0 Å². The van der Waals surface area contributed by atoms with Crippen LogP contribution in [0, 0.1) is 10.1 Å². The van der Waals surface area contributed by atoms with E-state index < -0.39 is 57.9 Å². The van der Waals surface area contributed by atoms with E-state index in [0.717, 1.165) is 0 Å². The van der Waals surface area contributed by atoms with Crippen LogP contribution >= 0.6 is 0 Å². The molecular weight excluding hydrogens is 396 g/mol. The van der Waals surface area contributed by atoms with Gasteiger partial charge < -0.3 is 45.1 Å². The van der Waals surface area contributed by atoms with E-state index in [9.17, 15) is 35.6 Å². The molecule has 5 N–H and O–H groups in total. The van der Waals surface area contributed by atoms with Gasteiger partial charge >= 0.3 is 5.82 Å². The fraction of sp³-hybridized carbons (Fsp3) is 0.688. The van der Waals surface area contributed by atoms with Crippen LogP contribution in [0.3, 0.4) is 0 Å². The highest BCUT2D eigenvalue weighted by Crippen LogP contribution is 2.31. The normalized spacial score (nSPS) is 37.0. The van der Waals surface area contributed by atoms with Crippen molar-refractivity contribution in [3.63, 3.8) is 0 Å². The molecule has 1 aromatic heterocycles. The molecule has 0 aliphatic carbocycles. The average Bonchev–Trinajstić information content (AvgIpc) is 2.94. The highest BCUT2D eigenvalue weighted by atomic mass is 32.2. The second kappa shape index (κ2) is 8.97. The molecule has 156 valence electrons. The Kier molecular flexibility index (Phi) is 6.83. The molecular formula is C16H23N2O9S+. The lowest BCUT2D eigenvalue weighted by Gasteiger charge is -2.36. The predicted octanol–water partition coefficient (Wildman–Crippen LogP) is -2.16. The van der Waals surface area contributed by atoms with Crippen molar-refractivity contribution in [2.45, 2.75) is 42.1 Å². The summed E-state index contributed by atoms with van der Waals surface area (Å²) >= 11 is 0. The van der Waals surface area contributed by atoms with Crippen LogP contribution in [0.2, 0.25) is 0 Å². The van der Waals surface area contributed by atoms with Gasteiger partial charge in [-0.25, -0.2) is 0 Å². The fourth-order valence-electron chi connectivity index (χ4n) is 3.36. The number of nitro groups is 1. The molecule has 28 heavy (non-hydrogen) atoms. The third kappa shape index (κ3) is 4.44. The van der Waals surface area contributed by atoms with E-state index in [1.165, 1.54) is 18.3 Å². The van der Waals surface area contributed by atoms with Crippen LogP contribution in [0.15, 0.2) is 18.3 Å². The molecule has 2 aliphatic heterocycles. The van der Waals surface area contributed by atoms with Gasteiger partial charge in [0.1, 0.15) is 48.2 Å². The number of aliphatic hydroxyl groups excluding tert-OH is 5. The van der Waals surface area contributed by atoms with Crippen LogP contribution in [-0.4, -0.2) is 95.9 Å². The molecule has 11 nitrogen and oxygen atoms in total. The van der Waals surface area contributed by atoms with Crippen molar-refractivity contribution >= 4 is 16.7 Å². The zero-order chi connectivity index (χ0) is 20.4. The van der Waals surface area contributed by atoms with E-state index in [2.05, 4.69) is 4.98 Å². The zero-order valence-electron chi connectivity index (χ0n) is 14.8. The molecule has 0 radical (unpaired) electrons. The lowest BCUT2D eigenvalue weighted by Crippen LogP contribution is -2.50. The number of ether oxygens (including phenoxy) is 2. The average molecular weight is 419 g/mol. The number of rotatable bonds is 6. The summed E-state index contributed by atoms with van der Waals surface area (Å²) in [5.41, 5.74) is 0.327. The maximum absolute atomic E-state index is 10.9. The molecule has 0 amide bonds. The van der Waals surface area contributed by atoms with Crippen molar-refractivity contribution in [2.75, 3.05) is 24.7 Å². The summed E-state index contributed by atoms with van der Waals surface area (Å²) in [7, 11) is -0.669. The van der Waals surface area contributed by atoms with Crippen molar-refractivity contribution in [2.24, 2.45) is 0 Å². The minimum atomic E-state index is -1.15. The third-order valence-corrected chi connectivity index (χ3v) is 7.66. The zero-order valence-corrected chi connectivity index (χ0v) is 15.6. The van der Waals surface area contributed by atoms with Gasteiger partial charge in [0.05, 0.1) is 13.2 Å². The molecule has 2 fully saturated rings. The smallest absolute Gasteiger partial charge is 0.363 e. The topological polar surface area (TPSA) is 176 Å². The molecule has 3 rings (SSSR count). The molecule has 1 aromatic rings. The van der Waals surface area contributed by atoms with E-state index in [4.69, 9.17) is 9.47 Å². The molecule has 0 spiro atoms. The summed E-state index contributed by atoms with van der Waals surface area (Å²) in [5, 5.41) is 60.3. The Balaban J connectivity index is 1.69. The van der Waals surface area contributed by atoms with Crippen LogP contribution in [0.25, 0.3) is 0 Å². The van der Waals surface area contributed by atoms with E-state index in [1.807, 2.05) is 0 Å². The monoisotopic (exact) mass is 419 g/mol. The van der Waals surface area contributed by atoms with Gasteiger partial charge in [-0.3, -0.25) is 0 Å². The Morgan fingerprint density at radius 3 is 2.79 bits per heavy atom. The van der Waals surface area contributed by atoms with Crippen LogP contribution in [0.4, 0.5) is 5.82 Å². The summed E-state index contributed by atoms with van der Waals surface area (Å²) in [4.78, 5) is 13.9. The van der Waals surface area contributed by atoms with Gasteiger partial charge in [-0.1, -0.05) is 0 Å². The third-order valence-electron chi connectivity index (χ3n) is 4.84. The van der Waals surface area contributed by atoms with Crippen LogP contribution in [-0.2, 0) is 20.4 Å². The molecule has 2 saturated heterocycles. The van der Waals surface area contributed by atoms with Gasteiger partial charge in [0.15, 0.2) is 11.5 Å². The minimum Gasteiger partial charge on any atom is -0.391 e. The lowest BCUT2D eigenvalue weighted by molar-refractivity contribution is -0.389. The molecule has 3 heterocycles. The molecule has 8 atom stereocenters. The quantitative estimate of drug-likeness (QED) is 0.194. The van der Waals surface area contributed by atoms with Crippen LogP contribution in [0.5, 0.6) is 0 Å². The Morgan fingerprint density at radius 1 is 1.36 bits per heavy atom. The van der Waals surface area contributed by atoms with Gasteiger partial charge in [0.25, 0.3) is 0 Å². The summed E-state index contributed by atoms with van der Waals surface area (Å²) in [6, 6.07) is 2.67. The highest BCUT2D eigenvalue weighted by molar-refractivity contribution is 7.97. The Hall–Kier alpha value is -1.38. The minimum absolute atomic E-state index is 0.115. The predicted molar refractivity (Wildman–Crippen MR) is 96.5 cm³/mol. The molecule has 2 aliphatic rings. The first-order valence-corrected chi connectivity index (χ1v) is 10.3. The second-order valence-corrected chi connectivity index (χ2v) is 9.10. The van der Waals surface area contributed by atoms with E-state index in [1.54, 1.807) is 0 Å². The van der Waals surface area contributed by atoms with E-state index in [-0.39, 0.29) is 30.5 Å². The first-order valence-electron chi connectivity index (χ1n) is 8.68. The van der Waals surface area contributed by atoms with Gasteiger partial charge in [-0.15, -0.1) is 0 Å². The Labute approximate surface area is 163 Å². The molecule has 12 heteroatoms. The highest BCUT2D eigenvalue weighted by Gasteiger charge is 2.51. The number of aliphatic hydroxyl groups is 5. The largest absolute Gasteiger partial charge is 0.391 e. The van der Waals surface area contributed by atoms with Crippen molar-refractivity contribution in [3.8, 4) is 0 Å². The fourth-order valence-corrected chi connectivity index (χ4v) is 6.04. The van der Waals surface area contributed by atoms with E-state index in [0.29, 0.717) is 5.56 Å². The summed E-state index contributed by atoms with van der Waals surface area (Å²) in [6.45, 7) is -0.473. The number of hydrogen-bond donors (Lipinski definition) is 5. The number of hydrogen-bond acceptors (Lipinski definition) is 10. The summed E-state index contributed by atoms with van der Waals surface area (Å²) in [5.74, 6) is -0.0262. The first kappa shape index (κ1) is 21.3. The molecule has 2 unspecified atom stereocenters. The molecule has 0 saturated carbocycles.